The van der Waals surface area contributed by atoms with E-state index in [1.54, 1.807) is 0 Å². The van der Waals surface area contributed by atoms with E-state index in [1.165, 1.54) is 12.8 Å². The molecule has 1 aliphatic rings. The highest BCUT2D eigenvalue weighted by molar-refractivity contribution is 4.84. The highest BCUT2D eigenvalue weighted by Crippen LogP contribution is 2.20. The molecule has 1 fully saturated rings. The first-order valence-corrected chi connectivity index (χ1v) is 6.09. The van der Waals surface area contributed by atoms with Crippen LogP contribution in [0.5, 0.6) is 0 Å². The Morgan fingerprint density at radius 3 is 2.43 bits per heavy atom. The maximum atomic E-state index is 9.83. The molecule has 84 valence electrons. The third kappa shape index (κ3) is 3.25. The second-order valence-corrected chi connectivity index (χ2v) is 4.88. The first-order chi connectivity index (χ1) is 6.65. The topological polar surface area (TPSA) is 32.3 Å². The van der Waals surface area contributed by atoms with Crippen LogP contribution < -0.4 is 5.32 Å². The second-order valence-electron chi connectivity index (χ2n) is 4.88. The first-order valence-electron chi connectivity index (χ1n) is 6.09. The summed E-state index contributed by atoms with van der Waals surface area (Å²) in [7, 11) is 0. The molecule has 1 saturated carbocycles. The second kappa shape index (κ2) is 5.72. The Hall–Kier alpha value is -0.0800. The Morgan fingerprint density at radius 2 is 1.93 bits per heavy atom. The predicted octanol–water partition coefficient (Wildman–Crippen LogP) is 2.31. The molecule has 0 amide bonds. The van der Waals surface area contributed by atoms with Crippen LogP contribution in [-0.4, -0.2) is 23.3 Å². The molecule has 2 N–H and O–H groups in total. The van der Waals surface area contributed by atoms with Crippen molar-refractivity contribution in [3.63, 3.8) is 0 Å². The molecule has 0 radical (unpaired) electrons. The van der Waals surface area contributed by atoms with Crippen LogP contribution in [0.4, 0.5) is 0 Å². The molecule has 14 heavy (non-hydrogen) atoms. The molecule has 0 saturated heterocycles. The summed E-state index contributed by atoms with van der Waals surface area (Å²) in [6.07, 6.45) is 5.62. The molecule has 1 aliphatic carbocycles. The van der Waals surface area contributed by atoms with Crippen LogP contribution in [-0.2, 0) is 0 Å². The van der Waals surface area contributed by atoms with E-state index in [0.29, 0.717) is 18.0 Å². The van der Waals surface area contributed by atoms with Crippen molar-refractivity contribution in [2.75, 3.05) is 0 Å². The number of hydrogen-bond donors (Lipinski definition) is 2. The molecule has 2 nitrogen and oxygen atoms in total. The summed E-state index contributed by atoms with van der Waals surface area (Å²) in [6.45, 7) is 6.71. The number of hydrogen-bond acceptors (Lipinski definition) is 2. The highest BCUT2D eigenvalue weighted by Gasteiger charge is 2.25. The fraction of sp³-hybridized carbons (Fsp3) is 1.00. The van der Waals surface area contributed by atoms with Crippen molar-refractivity contribution >= 4 is 0 Å². The Bertz CT molecular complexity index is 158. The van der Waals surface area contributed by atoms with Crippen LogP contribution in [0.2, 0.25) is 0 Å². The van der Waals surface area contributed by atoms with E-state index in [1.807, 2.05) is 0 Å². The Labute approximate surface area is 88.1 Å². The fourth-order valence-electron chi connectivity index (χ4n) is 2.36. The summed E-state index contributed by atoms with van der Waals surface area (Å²) in [4.78, 5) is 0. The lowest BCUT2D eigenvalue weighted by Crippen LogP contribution is -2.48. The zero-order chi connectivity index (χ0) is 10.6. The van der Waals surface area contributed by atoms with Crippen LogP contribution in [0.3, 0.4) is 0 Å². The molecule has 1 rings (SSSR count). The minimum atomic E-state index is -0.114. The quantitative estimate of drug-likeness (QED) is 0.728. The van der Waals surface area contributed by atoms with Gasteiger partial charge in [-0.15, -0.1) is 0 Å². The van der Waals surface area contributed by atoms with Crippen molar-refractivity contribution < 1.29 is 5.11 Å². The van der Waals surface area contributed by atoms with Gasteiger partial charge in [0.15, 0.2) is 0 Å². The summed E-state index contributed by atoms with van der Waals surface area (Å²) < 4.78 is 0. The van der Waals surface area contributed by atoms with E-state index in [4.69, 9.17) is 0 Å². The maximum Gasteiger partial charge on any atom is 0.0693 e. The van der Waals surface area contributed by atoms with Gasteiger partial charge in [-0.1, -0.05) is 33.6 Å². The average Bonchev–Trinajstić information content (AvgIpc) is 2.16. The van der Waals surface area contributed by atoms with E-state index in [9.17, 15) is 5.11 Å². The lowest BCUT2D eigenvalue weighted by molar-refractivity contribution is 0.0806. The van der Waals surface area contributed by atoms with Crippen LogP contribution in [0.1, 0.15) is 52.9 Å². The Morgan fingerprint density at radius 1 is 1.29 bits per heavy atom. The van der Waals surface area contributed by atoms with Gasteiger partial charge in [-0.25, -0.2) is 0 Å². The molecule has 0 unspecified atom stereocenters. The van der Waals surface area contributed by atoms with Gasteiger partial charge in [-0.05, 0) is 25.2 Å². The fourth-order valence-corrected chi connectivity index (χ4v) is 2.36. The molecule has 3 atom stereocenters. The molecule has 0 aromatic heterocycles. The van der Waals surface area contributed by atoms with Gasteiger partial charge in [0.05, 0.1) is 6.10 Å². The minimum Gasteiger partial charge on any atom is -0.392 e. The van der Waals surface area contributed by atoms with Gasteiger partial charge < -0.3 is 10.4 Å². The molecule has 0 aromatic carbocycles. The molecule has 0 aliphatic heterocycles. The SMILES string of the molecule is CC[C@@H](N[C@@H]1CCCC[C@@H]1O)C(C)C. The van der Waals surface area contributed by atoms with Gasteiger partial charge in [-0.2, -0.15) is 0 Å². The van der Waals surface area contributed by atoms with Gasteiger partial charge in [0, 0.05) is 12.1 Å². The van der Waals surface area contributed by atoms with Crippen LogP contribution >= 0.6 is 0 Å². The minimum absolute atomic E-state index is 0.114. The molecule has 0 heterocycles. The molecular formula is C12H25NO. The zero-order valence-corrected chi connectivity index (χ0v) is 9.79. The highest BCUT2D eigenvalue weighted by atomic mass is 16.3. The summed E-state index contributed by atoms with van der Waals surface area (Å²) in [6, 6.07) is 0.906. The van der Waals surface area contributed by atoms with Gasteiger partial charge in [0.2, 0.25) is 0 Å². The van der Waals surface area contributed by atoms with Crippen molar-refractivity contribution in [2.45, 2.75) is 71.1 Å². The third-order valence-corrected chi connectivity index (χ3v) is 3.40. The summed E-state index contributed by atoms with van der Waals surface area (Å²) in [5.41, 5.74) is 0. The van der Waals surface area contributed by atoms with Gasteiger partial charge in [0.25, 0.3) is 0 Å². The molecule has 0 spiro atoms. The Kier molecular flexibility index (Phi) is 4.90. The third-order valence-electron chi connectivity index (χ3n) is 3.40. The monoisotopic (exact) mass is 199 g/mol. The van der Waals surface area contributed by atoms with E-state index < -0.39 is 0 Å². The van der Waals surface area contributed by atoms with Crippen LogP contribution in [0.25, 0.3) is 0 Å². The van der Waals surface area contributed by atoms with E-state index in [2.05, 4.69) is 26.1 Å². The lowest BCUT2D eigenvalue weighted by atomic mass is 9.90. The number of aliphatic hydroxyl groups is 1. The van der Waals surface area contributed by atoms with E-state index >= 15 is 0 Å². The number of aliphatic hydroxyl groups excluding tert-OH is 1. The summed E-state index contributed by atoms with van der Waals surface area (Å²) >= 11 is 0. The van der Waals surface area contributed by atoms with Gasteiger partial charge in [-0.3, -0.25) is 0 Å². The van der Waals surface area contributed by atoms with Crippen molar-refractivity contribution in [1.29, 1.82) is 0 Å². The number of rotatable bonds is 4. The number of nitrogens with one attached hydrogen (secondary N) is 1. The maximum absolute atomic E-state index is 9.83. The van der Waals surface area contributed by atoms with Gasteiger partial charge >= 0.3 is 0 Å². The molecule has 0 bridgehead atoms. The lowest BCUT2D eigenvalue weighted by Gasteiger charge is -2.33. The van der Waals surface area contributed by atoms with Crippen molar-refractivity contribution in [2.24, 2.45) is 5.92 Å². The van der Waals surface area contributed by atoms with Crippen molar-refractivity contribution in [1.82, 2.24) is 5.32 Å². The zero-order valence-electron chi connectivity index (χ0n) is 9.79. The Balaban J connectivity index is 2.39. The predicted molar refractivity (Wildman–Crippen MR) is 60.3 cm³/mol. The molecular weight excluding hydrogens is 174 g/mol. The van der Waals surface area contributed by atoms with Crippen molar-refractivity contribution in [3.8, 4) is 0 Å². The smallest absolute Gasteiger partial charge is 0.0693 e. The van der Waals surface area contributed by atoms with E-state index in [0.717, 1.165) is 19.3 Å². The van der Waals surface area contributed by atoms with Crippen LogP contribution in [0, 0.1) is 5.92 Å². The van der Waals surface area contributed by atoms with Gasteiger partial charge in [0.1, 0.15) is 0 Å². The first kappa shape index (κ1) is 12.0. The molecule has 2 heteroatoms. The van der Waals surface area contributed by atoms with Crippen molar-refractivity contribution in [3.05, 3.63) is 0 Å². The summed E-state index contributed by atoms with van der Waals surface area (Å²) in [5, 5.41) is 13.4. The normalized spacial score (nSPS) is 30.6. The van der Waals surface area contributed by atoms with E-state index in [-0.39, 0.29) is 6.10 Å². The standard InChI is InChI=1S/C12H25NO/c1-4-10(9(2)3)13-11-7-5-6-8-12(11)14/h9-14H,4-8H2,1-3H3/t10-,11-,12+/m1/s1. The average molecular weight is 199 g/mol. The van der Waals surface area contributed by atoms with Crippen LogP contribution in [0.15, 0.2) is 0 Å². The largest absolute Gasteiger partial charge is 0.392 e. The molecule has 0 aromatic rings. The summed E-state index contributed by atoms with van der Waals surface area (Å²) in [5.74, 6) is 0.661.